The first-order valence-electron chi connectivity index (χ1n) is 8.96. The van der Waals surface area contributed by atoms with Crippen molar-refractivity contribution in [2.24, 2.45) is 0 Å². The summed E-state index contributed by atoms with van der Waals surface area (Å²) in [7, 11) is -3.05. The van der Waals surface area contributed by atoms with Crippen LogP contribution in [0.5, 0.6) is 0 Å². The van der Waals surface area contributed by atoms with Crippen molar-refractivity contribution in [1.29, 1.82) is 5.26 Å². The van der Waals surface area contributed by atoms with Crippen LogP contribution in [0.2, 0.25) is 0 Å². The zero-order valence-corrected chi connectivity index (χ0v) is 16.5. The number of rotatable bonds is 5. The van der Waals surface area contributed by atoms with Gasteiger partial charge in [0.1, 0.15) is 11.8 Å². The normalized spacial score (nSPS) is 17.7. The van der Waals surface area contributed by atoms with E-state index in [0.29, 0.717) is 35.9 Å². The monoisotopic (exact) mass is 399 g/mol. The van der Waals surface area contributed by atoms with Crippen LogP contribution in [0, 0.1) is 18.3 Å². The Morgan fingerprint density at radius 2 is 2.11 bits per heavy atom. The first kappa shape index (κ1) is 19.8. The molecule has 1 saturated heterocycles. The van der Waals surface area contributed by atoms with Crippen LogP contribution in [0.4, 0.5) is 11.6 Å². The smallest absolute Gasteiger partial charge is 0.274 e. The Labute approximate surface area is 164 Å². The van der Waals surface area contributed by atoms with Crippen LogP contribution in [0.15, 0.2) is 30.3 Å². The molecule has 1 aromatic heterocycles. The molecule has 1 N–H and O–H groups in total. The third kappa shape index (κ3) is 4.28. The molecule has 0 bridgehead atoms. The minimum atomic E-state index is -3.05. The zero-order chi connectivity index (χ0) is 20.3. The van der Waals surface area contributed by atoms with Crippen LogP contribution < -0.4 is 10.2 Å². The lowest BCUT2D eigenvalue weighted by atomic mass is 10.2. The highest BCUT2D eigenvalue weighted by Gasteiger charge is 2.33. The number of amides is 1. The number of nitrogens with zero attached hydrogens (tertiary/aromatic N) is 4. The van der Waals surface area contributed by atoms with Crippen LogP contribution >= 0.6 is 0 Å². The number of carbonyl (C=O) groups is 1. The summed E-state index contributed by atoms with van der Waals surface area (Å²) in [6.07, 6.45) is 0.518. The minimum Gasteiger partial charge on any atom is -0.337 e. The van der Waals surface area contributed by atoms with Crippen molar-refractivity contribution in [3.05, 3.63) is 47.3 Å². The van der Waals surface area contributed by atoms with Gasteiger partial charge in [0.05, 0.1) is 22.8 Å². The third-order valence-corrected chi connectivity index (χ3v) is 6.37. The van der Waals surface area contributed by atoms with Gasteiger partial charge in [0.25, 0.3) is 5.91 Å². The topological polar surface area (TPSA) is 116 Å². The van der Waals surface area contributed by atoms with Crippen molar-refractivity contribution in [3.8, 4) is 6.07 Å². The molecular weight excluding hydrogens is 378 g/mol. The molecule has 9 heteroatoms. The average Bonchev–Trinajstić information content (AvgIpc) is 3.02. The largest absolute Gasteiger partial charge is 0.337 e. The summed E-state index contributed by atoms with van der Waals surface area (Å²) in [5.41, 5.74) is 1.52. The van der Waals surface area contributed by atoms with E-state index in [-0.39, 0.29) is 23.2 Å². The van der Waals surface area contributed by atoms with Crippen molar-refractivity contribution in [2.75, 3.05) is 28.3 Å². The second-order valence-electron chi connectivity index (χ2n) is 6.65. The van der Waals surface area contributed by atoms with Gasteiger partial charge in [-0.1, -0.05) is 12.1 Å². The molecule has 1 fully saturated rings. The zero-order valence-electron chi connectivity index (χ0n) is 15.7. The van der Waals surface area contributed by atoms with Gasteiger partial charge in [0.15, 0.2) is 9.84 Å². The number of sulfone groups is 1. The van der Waals surface area contributed by atoms with Crippen molar-refractivity contribution in [2.45, 2.75) is 26.3 Å². The average molecular weight is 399 g/mol. The van der Waals surface area contributed by atoms with Gasteiger partial charge in [0.2, 0.25) is 5.95 Å². The first-order valence-corrected chi connectivity index (χ1v) is 10.8. The van der Waals surface area contributed by atoms with Crippen LogP contribution in [0.3, 0.4) is 0 Å². The number of nitrogens with one attached hydrogen (secondary N) is 1. The van der Waals surface area contributed by atoms with Crippen LogP contribution in [0.25, 0.3) is 0 Å². The Balaban J connectivity index is 1.88. The van der Waals surface area contributed by atoms with E-state index < -0.39 is 15.7 Å². The summed E-state index contributed by atoms with van der Waals surface area (Å²) in [4.78, 5) is 23.3. The molecule has 1 aliphatic heterocycles. The highest BCUT2D eigenvalue weighted by atomic mass is 32.2. The molecule has 0 saturated carbocycles. The molecule has 28 heavy (non-hydrogen) atoms. The lowest BCUT2D eigenvalue weighted by molar-refractivity contribution is 0.102. The molecule has 3 rings (SSSR count). The maximum atomic E-state index is 12.7. The van der Waals surface area contributed by atoms with E-state index in [2.05, 4.69) is 15.3 Å². The summed E-state index contributed by atoms with van der Waals surface area (Å²) in [6.45, 7) is 4.19. The van der Waals surface area contributed by atoms with Gasteiger partial charge in [-0.2, -0.15) is 5.26 Å². The van der Waals surface area contributed by atoms with Crippen LogP contribution in [-0.4, -0.2) is 48.4 Å². The first-order chi connectivity index (χ1) is 13.3. The van der Waals surface area contributed by atoms with Gasteiger partial charge in [-0.05, 0) is 38.5 Å². The molecule has 146 valence electrons. The van der Waals surface area contributed by atoms with Gasteiger partial charge < -0.3 is 10.2 Å². The maximum absolute atomic E-state index is 12.7. The second kappa shape index (κ2) is 7.94. The molecule has 1 amide bonds. The summed E-state index contributed by atoms with van der Waals surface area (Å²) in [5, 5.41) is 11.9. The van der Waals surface area contributed by atoms with Crippen molar-refractivity contribution in [3.63, 3.8) is 0 Å². The lowest BCUT2D eigenvalue weighted by Gasteiger charge is -2.27. The molecule has 1 aromatic carbocycles. The van der Waals surface area contributed by atoms with E-state index in [4.69, 9.17) is 0 Å². The van der Waals surface area contributed by atoms with Gasteiger partial charge in [0, 0.05) is 18.3 Å². The number of carbonyl (C=O) groups excluding carboxylic acids is 1. The summed E-state index contributed by atoms with van der Waals surface area (Å²) >= 11 is 0. The van der Waals surface area contributed by atoms with Crippen LogP contribution in [0.1, 0.15) is 35.1 Å². The maximum Gasteiger partial charge on any atom is 0.274 e. The van der Waals surface area contributed by atoms with Crippen molar-refractivity contribution in [1.82, 2.24) is 9.97 Å². The predicted molar refractivity (Wildman–Crippen MR) is 106 cm³/mol. The van der Waals surface area contributed by atoms with Gasteiger partial charge in [-0.25, -0.2) is 18.4 Å². The Bertz CT molecular complexity index is 1050. The Morgan fingerprint density at radius 1 is 1.36 bits per heavy atom. The van der Waals surface area contributed by atoms with Crippen LogP contribution in [-0.2, 0) is 9.84 Å². The fraction of sp³-hybridized carbons (Fsp3) is 0.368. The van der Waals surface area contributed by atoms with Gasteiger partial charge in [-0.3, -0.25) is 4.79 Å². The quantitative estimate of drug-likeness (QED) is 0.816. The summed E-state index contributed by atoms with van der Waals surface area (Å²) < 4.78 is 23.7. The number of aromatic nitrogens is 2. The molecule has 0 aliphatic carbocycles. The molecule has 0 radical (unpaired) electrons. The summed E-state index contributed by atoms with van der Waals surface area (Å²) in [6, 6.07) is 10.1. The number of hydrogen-bond acceptors (Lipinski definition) is 7. The standard InChI is InChI=1S/C19H21N5O3S/c1-3-24(15-8-9-28(26,27)12-15)19-21-13(2)10-17(23-19)18(25)22-16-7-5-4-6-14(16)11-20/h4-7,10,15H,3,8-9,12H2,1-2H3,(H,22,25). The van der Waals surface area contributed by atoms with Gasteiger partial charge in [-0.15, -0.1) is 0 Å². The molecular formula is C19H21N5O3S. The highest BCUT2D eigenvalue weighted by Crippen LogP contribution is 2.22. The van der Waals surface area contributed by atoms with Crippen molar-refractivity contribution < 1.29 is 13.2 Å². The summed E-state index contributed by atoms with van der Waals surface area (Å²) in [5.74, 6) is 0.0980. The van der Waals surface area contributed by atoms with E-state index in [1.165, 1.54) is 0 Å². The highest BCUT2D eigenvalue weighted by molar-refractivity contribution is 7.91. The molecule has 0 spiro atoms. The minimum absolute atomic E-state index is 0.0647. The number of benzene rings is 1. The molecule has 2 heterocycles. The van der Waals surface area contributed by atoms with E-state index in [0.717, 1.165) is 0 Å². The number of aryl methyl sites for hydroxylation is 1. The van der Waals surface area contributed by atoms with Crippen molar-refractivity contribution >= 4 is 27.4 Å². The van der Waals surface area contributed by atoms with Gasteiger partial charge >= 0.3 is 0 Å². The molecule has 1 aliphatic rings. The predicted octanol–water partition coefficient (Wildman–Crippen LogP) is 1.92. The molecule has 2 aromatic rings. The number of para-hydroxylation sites is 1. The number of anilines is 2. The SMILES string of the molecule is CCN(c1nc(C)cc(C(=O)Nc2ccccc2C#N)n1)C1CCS(=O)(=O)C1. The fourth-order valence-electron chi connectivity index (χ4n) is 3.26. The number of nitriles is 1. The molecule has 1 atom stereocenters. The Morgan fingerprint density at radius 3 is 2.75 bits per heavy atom. The number of hydrogen-bond donors (Lipinski definition) is 1. The Hall–Kier alpha value is -2.99. The Kier molecular flexibility index (Phi) is 5.61. The van der Waals surface area contributed by atoms with E-state index in [1.54, 1.807) is 37.3 Å². The third-order valence-electron chi connectivity index (χ3n) is 4.62. The van der Waals surface area contributed by atoms with E-state index in [1.807, 2.05) is 17.9 Å². The second-order valence-corrected chi connectivity index (χ2v) is 8.88. The molecule has 1 unspecified atom stereocenters. The van der Waals surface area contributed by atoms with E-state index >= 15 is 0 Å². The van der Waals surface area contributed by atoms with E-state index in [9.17, 15) is 18.5 Å². The molecule has 8 nitrogen and oxygen atoms in total. The fourth-order valence-corrected chi connectivity index (χ4v) is 4.99. The lowest BCUT2D eigenvalue weighted by Crippen LogP contribution is -2.37.